The number of nitrogens with one attached hydrogen (secondary N) is 2. The van der Waals surface area contributed by atoms with Gasteiger partial charge in [0.25, 0.3) is 0 Å². The summed E-state index contributed by atoms with van der Waals surface area (Å²) in [6, 6.07) is 4.72. The zero-order valence-electron chi connectivity index (χ0n) is 22.0. The molecule has 6 rings (SSSR count). The lowest BCUT2D eigenvalue weighted by Gasteiger charge is -2.29. The van der Waals surface area contributed by atoms with Crippen LogP contribution in [0, 0.1) is 17.7 Å². The van der Waals surface area contributed by atoms with Crippen molar-refractivity contribution in [3.05, 3.63) is 70.9 Å². The van der Waals surface area contributed by atoms with Crippen LogP contribution in [0.15, 0.2) is 43.0 Å². The molecule has 4 aromatic heterocycles. The Morgan fingerprint density at radius 3 is 2.65 bits per heavy atom. The molecule has 208 valence electrons. The quantitative estimate of drug-likeness (QED) is 0.295. The van der Waals surface area contributed by atoms with Crippen LogP contribution in [0.1, 0.15) is 62.8 Å². The zero-order chi connectivity index (χ0) is 28.0. The van der Waals surface area contributed by atoms with Crippen LogP contribution < -0.4 is 10.8 Å². The Balaban J connectivity index is 1.60. The molecule has 5 heterocycles. The summed E-state index contributed by atoms with van der Waals surface area (Å²) in [6.45, 7) is 4.04. The molecule has 0 bridgehead atoms. The van der Waals surface area contributed by atoms with Crippen molar-refractivity contribution in [1.29, 1.82) is 0 Å². The number of carbonyl (C=O) groups is 1. The normalized spacial score (nSPS) is 22.6. The van der Waals surface area contributed by atoms with Crippen molar-refractivity contribution in [2.24, 2.45) is 11.8 Å². The molecule has 40 heavy (non-hydrogen) atoms. The van der Waals surface area contributed by atoms with Gasteiger partial charge in [0, 0.05) is 36.3 Å². The molecular formula is C28H28ClF2N7O2. The Labute approximate surface area is 234 Å². The number of aromatic nitrogens is 5. The highest BCUT2D eigenvalue weighted by Crippen LogP contribution is 2.40. The Hall–Kier alpha value is -3.70. The number of alkyl halides is 1. The molecule has 2 fully saturated rings. The van der Waals surface area contributed by atoms with Gasteiger partial charge in [-0.3, -0.25) is 15.3 Å². The van der Waals surface area contributed by atoms with Gasteiger partial charge in [0.1, 0.15) is 5.82 Å². The van der Waals surface area contributed by atoms with Crippen molar-refractivity contribution in [3.8, 4) is 11.3 Å². The van der Waals surface area contributed by atoms with Gasteiger partial charge in [-0.1, -0.05) is 31.4 Å². The van der Waals surface area contributed by atoms with Gasteiger partial charge in [0.2, 0.25) is 0 Å². The summed E-state index contributed by atoms with van der Waals surface area (Å²) in [5, 5.41) is 3.04. The number of halogens is 3. The van der Waals surface area contributed by atoms with Crippen LogP contribution in [0.3, 0.4) is 0 Å². The minimum Gasteiger partial charge on any atom is -0.351 e. The van der Waals surface area contributed by atoms with Crippen LogP contribution in [-0.4, -0.2) is 30.6 Å². The Morgan fingerprint density at radius 2 is 1.95 bits per heavy atom. The highest BCUT2D eigenvalue weighted by molar-refractivity contribution is 6.30. The predicted molar refractivity (Wildman–Crippen MR) is 144 cm³/mol. The Kier molecular flexibility index (Phi) is 6.87. The van der Waals surface area contributed by atoms with Crippen molar-refractivity contribution < 1.29 is 18.4 Å². The van der Waals surface area contributed by atoms with Crippen molar-refractivity contribution in [1.82, 2.24) is 35.3 Å². The zero-order valence-corrected chi connectivity index (χ0v) is 22.8. The fourth-order valence-corrected chi connectivity index (χ4v) is 5.85. The molecule has 0 spiro atoms. The van der Waals surface area contributed by atoms with E-state index in [0.717, 1.165) is 31.9 Å². The maximum Gasteiger partial charge on any atom is 0.427 e. The van der Waals surface area contributed by atoms with E-state index in [1.165, 1.54) is 25.4 Å². The summed E-state index contributed by atoms with van der Waals surface area (Å²) >= 11 is 6.31. The average molecular weight is 568 g/mol. The summed E-state index contributed by atoms with van der Waals surface area (Å²) < 4.78 is 33.6. The molecule has 12 heteroatoms. The van der Waals surface area contributed by atoms with Crippen LogP contribution in [0.5, 0.6) is 0 Å². The standard InChI is InChI=1S/C28H28ClF2N7O2/c1-15-3-5-16(6-4-15)14-38-24-21(35-26(38)28(2,31)19-7-8-32-13-20(19)30)10-22(25-36-27(39)40-37-25)34-23(24)17-9-18(29)12-33-11-17/h7-13,15-16,25,37H,3-6,14H2,1-2H3,(H,36,39). The first-order valence-corrected chi connectivity index (χ1v) is 13.6. The molecule has 1 aliphatic heterocycles. The number of hydroxylamine groups is 1. The van der Waals surface area contributed by atoms with Gasteiger partial charge in [-0.05, 0) is 49.8 Å². The molecular weight excluding hydrogens is 540 g/mol. The number of carbonyl (C=O) groups excluding carboxylic acids is 1. The molecule has 4 aromatic rings. The van der Waals surface area contributed by atoms with E-state index >= 15 is 4.39 Å². The van der Waals surface area contributed by atoms with Gasteiger partial charge in [-0.25, -0.2) is 23.5 Å². The van der Waals surface area contributed by atoms with Crippen LogP contribution in [-0.2, 0) is 17.1 Å². The number of amides is 1. The van der Waals surface area contributed by atoms with E-state index in [1.54, 1.807) is 18.3 Å². The number of pyridine rings is 3. The SMILES string of the molecule is CC1CCC(Cn2c(C(C)(F)c3ccncc3F)nc3cc(C4NOC(=O)N4)nc(-c4cncc(Cl)c4)c32)CC1. The molecule has 1 amide bonds. The number of fused-ring (bicyclic) bond motifs is 1. The number of hydrogen-bond acceptors (Lipinski definition) is 7. The highest BCUT2D eigenvalue weighted by atomic mass is 35.5. The molecule has 2 N–H and O–H groups in total. The van der Waals surface area contributed by atoms with Crippen LogP contribution in [0.2, 0.25) is 5.02 Å². The van der Waals surface area contributed by atoms with Crippen molar-refractivity contribution in [2.45, 2.75) is 57.9 Å². The van der Waals surface area contributed by atoms with E-state index < -0.39 is 23.7 Å². The van der Waals surface area contributed by atoms with Crippen molar-refractivity contribution in [3.63, 3.8) is 0 Å². The topological polar surface area (TPSA) is 107 Å². The lowest BCUT2D eigenvalue weighted by molar-refractivity contribution is 0.121. The van der Waals surface area contributed by atoms with Crippen molar-refractivity contribution in [2.75, 3.05) is 0 Å². The molecule has 2 unspecified atom stereocenters. The highest BCUT2D eigenvalue weighted by Gasteiger charge is 2.39. The van der Waals surface area contributed by atoms with Crippen LogP contribution in [0.4, 0.5) is 13.6 Å². The minimum absolute atomic E-state index is 0.0566. The van der Waals surface area contributed by atoms with Gasteiger partial charge in [-0.15, -0.1) is 5.48 Å². The molecule has 1 aliphatic carbocycles. The van der Waals surface area contributed by atoms with Crippen LogP contribution >= 0.6 is 11.6 Å². The van der Waals surface area contributed by atoms with E-state index in [1.807, 2.05) is 4.57 Å². The molecule has 2 atom stereocenters. The third-order valence-corrected chi connectivity index (χ3v) is 8.03. The van der Waals surface area contributed by atoms with Crippen molar-refractivity contribution >= 4 is 28.7 Å². The summed E-state index contributed by atoms with van der Waals surface area (Å²) in [4.78, 5) is 34.3. The van der Waals surface area contributed by atoms with Gasteiger partial charge in [0.15, 0.2) is 17.7 Å². The van der Waals surface area contributed by atoms with Gasteiger partial charge < -0.3 is 9.40 Å². The molecule has 0 radical (unpaired) electrons. The van der Waals surface area contributed by atoms with Crippen LogP contribution in [0.25, 0.3) is 22.3 Å². The van der Waals surface area contributed by atoms with Gasteiger partial charge >= 0.3 is 6.09 Å². The van der Waals surface area contributed by atoms with Gasteiger partial charge in [-0.2, -0.15) is 0 Å². The van der Waals surface area contributed by atoms with E-state index in [4.69, 9.17) is 26.4 Å². The van der Waals surface area contributed by atoms with E-state index in [0.29, 0.717) is 45.5 Å². The second kappa shape index (κ2) is 10.4. The first kappa shape index (κ1) is 26.5. The number of nitrogens with zero attached hydrogens (tertiary/aromatic N) is 5. The summed E-state index contributed by atoms with van der Waals surface area (Å²) in [7, 11) is 0. The lowest BCUT2D eigenvalue weighted by atomic mass is 9.83. The smallest absolute Gasteiger partial charge is 0.351 e. The second-order valence-corrected chi connectivity index (χ2v) is 11.2. The molecule has 9 nitrogen and oxygen atoms in total. The van der Waals surface area contributed by atoms with Gasteiger partial charge in [0.05, 0.1) is 33.6 Å². The maximum absolute atomic E-state index is 16.9. The van der Waals surface area contributed by atoms with E-state index in [2.05, 4.69) is 27.7 Å². The molecule has 0 aromatic carbocycles. The predicted octanol–water partition coefficient (Wildman–Crippen LogP) is 5.98. The monoisotopic (exact) mass is 567 g/mol. The third-order valence-electron chi connectivity index (χ3n) is 7.82. The number of imidazole rings is 1. The second-order valence-electron chi connectivity index (χ2n) is 10.8. The number of rotatable bonds is 6. The minimum atomic E-state index is -2.29. The molecule has 2 aliphatic rings. The summed E-state index contributed by atoms with van der Waals surface area (Å²) in [5.41, 5.74) is 2.60. The number of hydrogen-bond donors (Lipinski definition) is 2. The molecule has 1 saturated carbocycles. The van der Waals surface area contributed by atoms with E-state index in [-0.39, 0.29) is 17.3 Å². The Morgan fingerprint density at radius 1 is 1.15 bits per heavy atom. The average Bonchev–Trinajstić information content (AvgIpc) is 3.53. The summed E-state index contributed by atoms with van der Waals surface area (Å²) in [5.74, 6) is 0.215. The largest absolute Gasteiger partial charge is 0.427 e. The fourth-order valence-electron chi connectivity index (χ4n) is 5.67. The lowest BCUT2D eigenvalue weighted by Crippen LogP contribution is -2.27. The third kappa shape index (κ3) is 4.88. The first-order valence-electron chi connectivity index (χ1n) is 13.2. The molecule has 1 saturated heterocycles. The maximum atomic E-state index is 16.9. The Bertz CT molecular complexity index is 1590. The van der Waals surface area contributed by atoms with E-state index in [9.17, 15) is 9.18 Å². The summed E-state index contributed by atoms with van der Waals surface area (Å²) in [6.07, 6.45) is 8.22. The fraction of sp³-hybridized carbons (Fsp3) is 0.393. The first-order chi connectivity index (χ1) is 19.2.